The number of furan rings is 4. The zero-order valence-electron chi connectivity index (χ0n) is 12.1. The van der Waals surface area contributed by atoms with Crippen LogP contribution in [0.2, 0.25) is 0 Å². The van der Waals surface area contributed by atoms with Crippen molar-refractivity contribution in [2.24, 2.45) is 0 Å². The smallest absolute Gasteiger partial charge is 0.476 e. The topological polar surface area (TPSA) is 52.6 Å². The molecule has 6 heteroatoms. The van der Waals surface area contributed by atoms with Gasteiger partial charge in [-0.15, -0.1) is 0 Å². The molecule has 0 unspecified atom stereocenters. The summed E-state index contributed by atoms with van der Waals surface area (Å²) >= 11 is 0. The minimum atomic E-state index is -1.43. The van der Waals surface area contributed by atoms with Crippen molar-refractivity contribution in [3.63, 3.8) is 0 Å². The quantitative estimate of drug-likeness (QED) is 0.428. The van der Waals surface area contributed by atoms with E-state index < -0.39 is 6.15 Å². The van der Waals surface area contributed by atoms with Crippen LogP contribution < -0.4 is 51.4 Å². The SMILES string of the molecule is [Na+].c1cc([B-](c2ccoc2)(c2ccoc2)c2ccoc2)co1. The van der Waals surface area contributed by atoms with Crippen molar-refractivity contribution < 1.29 is 47.2 Å². The van der Waals surface area contributed by atoms with Crippen LogP contribution in [0.1, 0.15) is 0 Å². The van der Waals surface area contributed by atoms with Crippen LogP contribution in [0.3, 0.4) is 0 Å². The molecule has 0 atom stereocenters. The first kappa shape index (κ1) is 15.1. The molecule has 4 rings (SSSR count). The average Bonchev–Trinajstić information content (AvgIpc) is 3.32. The Morgan fingerprint density at radius 3 is 0.955 bits per heavy atom. The molecule has 0 saturated carbocycles. The summed E-state index contributed by atoms with van der Waals surface area (Å²) < 4.78 is 21.4. The van der Waals surface area contributed by atoms with Crippen LogP contribution in [0, 0.1) is 0 Å². The maximum atomic E-state index is 5.34. The summed E-state index contributed by atoms with van der Waals surface area (Å²) in [7, 11) is 0. The summed E-state index contributed by atoms with van der Waals surface area (Å²) in [5.41, 5.74) is 4.16. The summed E-state index contributed by atoms with van der Waals surface area (Å²) in [5.74, 6) is 0. The van der Waals surface area contributed by atoms with E-state index in [1.165, 1.54) is 0 Å². The fourth-order valence-corrected chi connectivity index (χ4v) is 3.24. The van der Waals surface area contributed by atoms with Crippen molar-refractivity contribution in [1.82, 2.24) is 0 Å². The molecule has 0 spiro atoms. The van der Waals surface area contributed by atoms with Gasteiger partial charge in [-0.25, -0.2) is 0 Å². The van der Waals surface area contributed by atoms with E-state index in [0.29, 0.717) is 0 Å². The van der Waals surface area contributed by atoms with Crippen LogP contribution in [0.25, 0.3) is 0 Å². The van der Waals surface area contributed by atoms with E-state index >= 15 is 0 Å². The fraction of sp³-hybridized carbons (Fsp3) is 0. The van der Waals surface area contributed by atoms with Crippen molar-refractivity contribution in [1.29, 1.82) is 0 Å². The van der Waals surface area contributed by atoms with Crippen molar-refractivity contribution in [3.8, 4) is 0 Å². The molecule has 0 bridgehead atoms. The Labute approximate surface area is 149 Å². The predicted octanol–water partition coefficient (Wildman–Crippen LogP) is -1.56. The van der Waals surface area contributed by atoms with Gasteiger partial charge in [-0.05, 0) is 0 Å². The Morgan fingerprint density at radius 1 is 0.500 bits per heavy atom. The van der Waals surface area contributed by atoms with Crippen molar-refractivity contribution >= 4 is 28.0 Å². The molecule has 0 aliphatic carbocycles. The van der Waals surface area contributed by atoms with Gasteiger partial charge in [-0.1, -0.05) is 24.3 Å². The molecule has 0 aromatic carbocycles. The van der Waals surface area contributed by atoms with E-state index in [2.05, 4.69) is 0 Å². The molecule has 0 aliphatic rings. The van der Waals surface area contributed by atoms with Gasteiger partial charge in [0.05, 0.1) is 50.1 Å². The van der Waals surface area contributed by atoms with Gasteiger partial charge in [-0.2, -0.15) is 21.9 Å². The first-order chi connectivity index (χ1) is 10.4. The van der Waals surface area contributed by atoms with Crippen LogP contribution in [0.15, 0.2) is 92.0 Å². The van der Waals surface area contributed by atoms with Crippen LogP contribution in [-0.4, -0.2) is 6.15 Å². The van der Waals surface area contributed by atoms with E-state index in [-0.39, 0.29) is 29.6 Å². The number of hydrogen-bond acceptors (Lipinski definition) is 4. The number of hydrogen-bond donors (Lipinski definition) is 0. The first-order valence-corrected chi connectivity index (χ1v) is 6.68. The molecule has 22 heavy (non-hydrogen) atoms. The molecule has 104 valence electrons. The Kier molecular flexibility index (Phi) is 4.20. The summed E-state index contributed by atoms with van der Waals surface area (Å²) in [6.07, 6.45) is 12.3. The molecular weight excluding hydrogens is 290 g/mol. The number of rotatable bonds is 4. The molecule has 0 fully saturated rings. The first-order valence-electron chi connectivity index (χ1n) is 6.68. The molecular formula is C16H12BNaO4. The van der Waals surface area contributed by atoms with Crippen molar-refractivity contribution in [2.75, 3.05) is 0 Å². The minimum absolute atomic E-state index is 0. The largest absolute Gasteiger partial charge is 1.00 e. The standard InChI is InChI=1S/C16H12BO4.Na/c1-5-18-9-13(1)17(14-2-6-19-10-14,15-3-7-20-11-15)16-4-8-21-12-16;/h1-12H;/q-1;+1. The van der Waals surface area contributed by atoms with Gasteiger partial charge in [-0.3, -0.25) is 0 Å². The summed E-state index contributed by atoms with van der Waals surface area (Å²) in [4.78, 5) is 0. The van der Waals surface area contributed by atoms with E-state index in [1.807, 2.05) is 24.3 Å². The second-order valence-corrected chi connectivity index (χ2v) is 5.09. The van der Waals surface area contributed by atoms with Gasteiger partial charge >= 0.3 is 29.6 Å². The average molecular weight is 302 g/mol. The predicted molar refractivity (Wildman–Crippen MR) is 79.1 cm³/mol. The zero-order chi connectivity index (χ0) is 14.1. The molecule has 4 aromatic rings. The maximum Gasteiger partial charge on any atom is 1.00 e. The van der Waals surface area contributed by atoms with Crippen LogP contribution in [-0.2, 0) is 0 Å². The van der Waals surface area contributed by atoms with Crippen LogP contribution in [0.4, 0.5) is 0 Å². The minimum Gasteiger partial charge on any atom is -0.476 e. The molecule has 0 radical (unpaired) electrons. The Bertz CT molecular complexity index is 644. The fourth-order valence-electron chi connectivity index (χ4n) is 3.24. The Balaban J connectivity index is 0.00000144. The Hall–Kier alpha value is -1.82. The molecule has 0 amide bonds. The van der Waals surface area contributed by atoms with Crippen LogP contribution >= 0.6 is 0 Å². The van der Waals surface area contributed by atoms with Gasteiger partial charge < -0.3 is 17.7 Å². The van der Waals surface area contributed by atoms with Crippen molar-refractivity contribution in [3.05, 3.63) is 74.4 Å². The third-order valence-corrected chi connectivity index (χ3v) is 4.17. The normalized spacial score (nSPS) is 11.3. The second-order valence-electron chi connectivity index (χ2n) is 5.09. The summed E-state index contributed by atoms with van der Waals surface area (Å²) in [6, 6.07) is 7.86. The van der Waals surface area contributed by atoms with Gasteiger partial charge in [0.15, 0.2) is 0 Å². The van der Waals surface area contributed by atoms with Gasteiger partial charge in [0, 0.05) is 0 Å². The Morgan fingerprint density at radius 2 is 0.773 bits per heavy atom. The summed E-state index contributed by atoms with van der Waals surface area (Å²) in [5, 5.41) is 0. The van der Waals surface area contributed by atoms with Crippen molar-refractivity contribution in [2.45, 2.75) is 0 Å². The maximum absolute atomic E-state index is 5.34. The van der Waals surface area contributed by atoms with Gasteiger partial charge in [0.25, 0.3) is 0 Å². The third kappa shape index (κ3) is 2.13. The molecule has 4 heterocycles. The van der Waals surface area contributed by atoms with E-state index in [1.54, 1.807) is 50.1 Å². The molecule has 4 nitrogen and oxygen atoms in total. The van der Waals surface area contributed by atoms with E-state index in [0.717, 1.165) is 21.9 Å². The monoisotopic (exact) mass is 302 g/mol. The zero-order valence-corrected chi connectivity index (χ0v) is 14.1. The van der Waals surface area contributed by atoms with Gasteiger partial charge in [0.1, 0.15) is 6.15 Å². The molecule has 0 saturated heterocycles. The molecule has 0 N–H and O–H groups in total. The molecule has 4 aromatic heterocycles. The third-order valence-electron chi connectivity index (χ3n) is 4.17. The van der Waals surface area contributed by atoms with E-state index in [4.69, 9.17) is 17.7 Å². The molecule has 0 aliphatic heterocycles. The van der Waals surface area contributed by atoms with E-state index in [9.17, 15) is 0 Å². The van der Waals surface area contributed by atoms with Gasteiger partial charge in [0.2, 0.25) is 0 Å². The second kappa shape index (κ2) is 6.12. The van der Waals surface area contributed by atoms with Crippen LogP contribution in [0.5, 0.6) is 0 Å². The summed E-state index contributed by atoms with van der Waals surface area (Å²) in [6.45, 7) is 0.